The second kappa shape index (κ2) is 7.63. The molecule has 2 rings (SSSR count). The molecule has 0 saturated heterocycles. The van der Waals surface area contributed by atoms with Crippen LogP contribution >= 0.6 is 12.2 Å². The van der Waals surface area contributed by atoms with Gasteiger partial charge in [-0.15, -0.1) is 0 Å². The lowest BCUT2D eigenvalue weighted by molar-refractivity contribution is 0.300. The molecule has 1 aliphatic carbocycles. The number of hydrogen-bond donors (Lipinski definition) is 1. The van der Waals surface area contributed by atoms with Gasteiger partial charge in [-0.05, 0) is 49.5 Å². The summed E-state index contributed by atoms with van der Waals surface area (Å²) in [4.78, 5) is 2.43. The van der Waals surface area contributed by atoms with Crippen molar-refractivity contribution < 1.29 is 0 Å². The summed E-state index contributed by atoms with van der Waals surface area (Å²) in [5.41, 5.74) is 1.09. The highest BCUT2D eigenvalue weighted by Gasteiger charge is 2.24. The number of rotatable bonds is 5. The maximum atomic E-state index is 5.66. The fraction of sp³-hybridized carbons (Fsp3) is 0.588. The highest BCUT2D eigenvalue weighted by Crippen LogP contribution is 2.25. The molecule has 110 valence electrons. The summed E-state index contributed by atoms with van der Waals surface area (Å²) in [7, 11) is 0. The highest BCUT2D eigenvalue weighted by molar-refractivity contribution is 7.80. The molecule has 0 atom stereocenters. The minimum absolute atomic E-state index is 0.637. The number of para-hydroxylation sites is 1. The van der Waals surface area contributed by atoms with Crippen molar-refractivity contribution in [3.05, 3.63) is 30.3 Å². The van der Waals surface area contributed by atoms with Crippen LogP contribution < -0.4 is 5.32 Å². The van der Waals surface area contributed by atoms with Crippen molar-refractivity contribution in [1.82, 2.24) is 4.90 Å². The Morgan fingerprint density at radius 3 is 2.50 bits per heavy atom. The molecule has 1 saturated carbocycles. The monoisotopic (exact) mass is 290 g/mol. The van der Waals surface area contributed by atoms with Gasteiger partial charge in [0.1, 0.15) is 0 Å². The maximum Gasteiger partial charge on any atom is 0.173 e. The molecule has 3 heteroatoms. The van der Waals surface area contributed by atoms with Gasteiger partial charge in [0.05, 0.1) is 0 Å². The molecule has 1 N–H and O–H groups in total. The Labute approximate surface area is 128 Å². The Hall–Kier alpha value is -1.09. The fourth-order valence-corrected chi connectivity index (χ4v) is 3.14. The summed E-state index contributed by atoms with van der Waals surface area (Å²) >= 11 is 5.66. The molecule has 0 aromatic heterocycles. The van der Waals surface area contributed by atoms with Crippen LogP contribution in [-0.4, -0.2) is 22.6 Å². The quantitative estimate of drug-likeness (QED) is 0.793. The van der Waals surface area contributed by atoms with Gasteiger partial charge in [0.15, 0.2) is 5.11 Å². The average molecular weight is 290 g/mol. The molecule has 0 amide bonds. The SMILES string of the molecule is CC(C)CCN(C(=S)Nc1ccccc1)C1CCCC1. The van der Waals surface area contributed by atoms with Crippen molar-refractivity contribution in [2.75, 3.05) is 11.9 Å². The van der Waals surface area contributed by atoms with Crippen LogP contribution in [0.25, 0.3) is 0 Å². The number of thiocarbonyl (C=S) groups is 1. The van der Waals surface area contributed by atoms with Gasteiger partial charge in [-0.1, -0.05) is 44.9 Å². The molecule has 0 unspecified atom stereocenters. The molecule has 0 heterocycles. The predicted octanol–water partition coefficient (Wildman–Crippen LogP) is 4.67. The lowest BCUT2D eigenvalue weighted by Crippen LogP contribution is -2.42. The van der Waals surface area contributed by atoms with Gasteiger partial charge in [-0.3, -0.25) is 0 Å². The number of benzene rings is 1. The van der Waals surface area contributed by atoms with E-state index in [2.05, 4.69) is 36.2 Å². The largest absolute Gasteiger partial charge is 0.346 e. The Bertz CT molecular complexity index is 410. The summed E-state index contributed by atoms with van der Waals surface area (Å²) < 4.78 is 0. The fourth-order valence-electron chi connectivity index (χ4n) is 2.78. The second-order valence-electron chi connectivity index (χ2n) is 6.11. The molecular formula is C17H26N2S. The van der Waals surface area contributed by atoms with Crippen LogP contribution in [0.3, 0.4) is 0 Å². The van der Waals surface area contributed by atoms with Crippen molar-refractivity contribution in [3.8, 4) is 0 Å². The van der Waals surface area contributed by atoms with E-state index in [4.69, 9.17) is 12.2 Å². The number of hydrogen-bond acceptors (Lipinski definition) is 1. The van der Waals surface area contributed by atoms with Crippen LogP contribution in [0.15, 0.2) is 30.3 Å². The van der Waals surface area contributed by atoms with Gasteiger partial charge >= 0.3 is 0 Å². The smallest absolute Gasteiger partial charge is 0.173 e. The minimum Gasteiger partial charge on any atom is -0.346 e. The van der Waals surface area contributed by atoms with Crippen LogP contribution in [0.5, 0.6) is 0 Å². The molecule has 20 heavy (non-hydrogen) atoms. The van der Waals surface area contributed by atoms with Crippen LogP contribution in [0.2, 0.25) is 0 Å². The van der Waals surface area contributed by atoms with Crippen molar-refractivity contribution >= 4 is 23.0 Å². The zero-order chi connectivity index (χ0) is 14.4. The molecule has 0 aliphatic heterocycles. The van der Waals surface area contributed by atoms with E-state index in [0.717, 1.165) is 23.3 Å². The highest BCUT2D eigenvalue weighted by atomic mass is 32.1. The number of nitrogens with zero attached hydrogens (tertiary/aromatic N) is 1. The van der Waals surface area contributed by atoms with E-state index in [-0.39, 0.29) is 0 Å². The Kier molecular flexibility index (Phi) is 5.84. The second-order valence-corrected chi connectivity index (χ2v) is 6.50. The molecule has 0 spiro atoms. The summed E-state index contributed by atoms with van der Waals surface area (Å²) in [5.74, 6) is 0.721. The summed E-state index contributed by atoms with van der Waals surface area (Å²) in [6.07, 6.45) is 6.46. The normalized spacial score (nSPS) is 15.6. The van der Waals surface area contributed by atoms with E-state index in [0.29, 0.717) is 6.04 Å². The van der Waals surface area contributed by atoms with Crippen LogP contribution in [-0.2, 0) is 0 Å². The Morgan fingerprint density at radius 2 is 1.90 bits per heavy atom. The predicted molar refractivity (Wildman–Crippen MR) is 91.1 cm³/mol. The van der Waals surface area contributed by atoms with E-state index >= 15 is 0 Å². The Balaban J connectivity index is 1.99. The van der Waals surface area contributed by atoms with E-state index < -0.39 is 0 Å². The summed E-state index contributed by atoms with van der Waals surface area (Å²) in [6.45, 7) is 5.63. The molecule has 0 radical (unpaired) electrons. The van der Waals surface area contributed by atoms with Crippen LogP contribution in [0, 0.1) is 5.92 Å². The van der Waals surface area contributed by atoms with Crippen molar-refractivity contribution in [2.45, 2.75) is 52.0 Å². The van der Waals surface area contributed by atoms with Crippen molar-refractivity contribution in [1.29, 1.82) is 0 Å². The lowest BCUT2D eigenvalue weighted by Gasteiger charge is -2.32. The van der Waals surface area contributed by atoms with E-state index in [9.17, 15) is 0 Å². The van der Waals surface area contributed by atoms with Gasteiger partial charge in [-0.2, -0.15) is 0 Å². The first kappa shape index (κ1) is 15.3. The number of nitrogens with one attached hydrogen (secondary N) is 1. The molecule has 1 aromatic carbocycles. The Morgan fingerprint density at radius 1 is 1.25 bits per heavy atom. The van der Waals surface area contributed by atoms with Crippen molar-refractivity contribution in [3.63, 3.8) is 0 Å². The van der Waals surface area contributed by atoms with Crippen molar-refractivity contribution in [2.24, 2.45) is 5.92 Å². The third-order valence-corrected chi connectivity index (χ3v) is 4.34. The number of anilines is 1. The van der Waals surface area contributed by atoms with Gasteiger partial charge in [0, 0.05) is 18.3 Å². The molecular weight excluding hydrogens is 264 g/mol. The molecule has 0 bridgehead atoms. The molecule has 1 fully saturated rings. The third kappa shape index (κ3) is 4.48. The zero-order valence-corrected chi connectivity index (χ0v) is 13.5. The standard InChI is InChI=1S/C17H26N2S/c1-14(2)12-13-19(16-10-6-7-11-16)17(20)18-15-8-4-3-5-9-15/h3-5,8-9,14,16H,6-7,10-13H2,1-2H3,(H,18,20). The van der Waals surface area contributed by atoms with Gasteiger partial charge in [0.2, 0.25) is 0 Å². The van der Waals surface area contributed by atoms with Gasteiger partial charge in [-0.25, -0.2) is 0 Å². The molecule has 1 aromatic rings. The third-order valence-electron chi connectivity index (χ3n) is 4.00. The minimum atomic E-state index is 0.637. The summed E-state index contributed by atoms with van der Waals surface area (Å²) in [6, 6.07) is 10.9. The summed E-state index contributed by atoms with van der Waals surface area (Å²) in [5, 5.41) is 4.29. The topological polar surface area (TPSA) is 15.3 Å². The average Bonchev–Trinajstić information content (AvgIpc) is 2.93. The van der Waals surface area contributed by atoms with Crippen LogP contribution in [0.4, 0.5) is 5.69 Å². The molecule has 1 aliphatic rings. The maximum absolute atomic E-state index is 5.66. The first-order valence-corrected chi connectivity index (χ1v) is 8.20. The molecule has 2 nitrogen and oxygen atoms in total. The zero-order valence-electron chi connectivity index (χ0n) is 12.6. The van der Waals surface area contributed by atoms with Gasteiger partial charge in [0.25, 0.3) is 0 Å². The first-order valence-electron chi connectivity index (χ1n) is 7.79. The van der Waals surface area contributed by atoms with Gasteiger partial charge < -0.3 is 10.2 Å². The first-order chi connectivity index (χ1) is 9.66. The van der Waals surface area contributed by atoms with E-state index in [1.54, 1.807) is 0 Å². The lowest BCUT2D eigenvalue weighted by atomic mass is 10.1. The van der Waals surface area contributed by atoms with E-state index in [1.807, 2.05) is 18.2 Å². The van der Waals surface area contributed by atoms with E-state index in [1.165, 1.54) is 32.1 Å². The van der Waals surface area contributed by atoms with Crippen LogP contribution in [0.1, 0.15) is 46.0 Å².